The Balaban J connectivity index is 2.38. The lowest BCUT2D eigenvalue weighted by molar-refractivity contribution is 0.0457. The highest BCUT2D eigenvalue weighted by atomic mass is 32.2. The second-order valence-electron chi connectivity index (χ2n) is 6.51. The van der Waals surface area contributed by atoms with E-state index in [0.29, 0.717) is 12.8 Å². The van der Waals surface area contributed by atoms with Crippen LogP contribution in [0, 0.1) is 0 Å². The Kier molecular flexibility index (Phi) is 8.05. The number of rotatable bonds is 9. The highest BCUT2D eigenvalue weighted by Crippen LogP contribution is 2.36. The first-order valence-electron chi connectivity index (χ1n) is 8.88. The number of benzene rings is 2. The van der Waals surface area contributed by atoms with Gasteiger partial charge in [-0.05, 0) is 67.7 Å². The minimum absolute atomic E-state index is 0.0459. The average Bonchev–Trinajstić information content (AvgIpc) is 2.67. The first-order chi connectivity index (χ1) is 12.4. The summed E-state index contributed by atoms with van der Waals surface area (Å²) in [7, 11) is 0. The maximum atomic E-state index is 11.7. The summed E-state index contributed by atoms with van der Waals surface area (Å²) in [6.45, 7) is 3.93. The van der Waals surface area contributed by atoms with E-state index in [1.165, 1.54) is 9.79 Å². The Morgan fingerprint density at radius 2 is 1.35 bits per heavy atom. The van der Waals surface area contributed by atoms with Gasteiger partial charge in [-0.15, -0.1) is 23.5 Å². The third-order valence-electron chi connectivity index (χ3n) is 4.60. The van der Waals surface area contributed by atoms with Crippen LogP contribution in [0.25, 0.3) is 0 Å². The molecule has 5 heteroatoms. The molecule has 0 aliphatic heterocycles. The normalized spacial score (nSPS) is 14.2. The Labute approximate surface area is 165 Å². The van der Waals surface area contributed by atoms with Crippen molar-refractivity contribution in [2.75, 3.05) is 12.5 Å². The number of hydrogen-bond donors (Lipinski definition) is 3. The fourth-order valence-corrected chi connectivity index (χ4v) is 3.90. The molecule has 0 bridgehead atoms. The Morgan fingerprint density at radius 1 is 0.923 bits per heavy atom. The molecular formula is C21H29NO2S2. The molecule has 0 heterocycles. The number of hydrogen-bond acceptors (Lipinski definition) is 5. The molecule has 142 valence electrons. The predicted molar refractivity (Wildman–Crippen MR) is 113 cm³/mol. The predicted octanol–water partition coefficient (Wildman–Crippen LogP) is 4.46. The molecule has 0 spiro atoms. The third kappa shape index (κ3) is 5.27. The van der Waals surface area contributed by atoms with Gasteiger partial charge in [-0.3, -0.25) is 5.32 Å². The quantitative estimate of drug-likeness (QED) is 0.435. The van der Waals surface area contributed by atoms with Crippen molar-refractivity contribution in [3.63, 3.8) is 0 Å². The monoisotopic (exact) mass is 391 g/mol. The number of aliphatic hydroxyl groups is 2. The Hall–Kier alpha value is -0.980. The van der Waals surface area contributed by atoms with Crippen molar-refractivity contribution in [1.29, 1.82) is 0 Å². The standard InChI is InChI=1S/C21H29NO2S2/c1-5-20(23)22-15(2)14-21(24,16-6-10-18(25-3)11-7-16)17-8-12-19(26-4)13-9-17/h6-13,15,20,22-24H,5,14H2,1-4H3. The molecule has 3 N–H and O–H groups in total. The molecule has 0 fully saturated rings. The summed E-state index contributed by atoms with van der Waals surface area (Å²) in [5.74, 6) is 0. The van der Waals surface area contributed by atoms with Gasteiger partial charge in [-0.2, -0.15) is 0 Å². The van der Waals surface area contributed by atoms with Gasteiger partial charge in [-0.1, -0.05) is 31.2 Å². The van der Waals surface area contributed by atoms with Gasteiger partial charge < -0.3 is 10.2 Å². The van der Waals surface area contributed by atoms with E-state index in [-0.39, 0.29) is 6.04 Å². The van der Waals surface area contributed by atoms with Crippen molar-refractivity contribution >= 4 is 23.5 Å². The summed E-state index contributed by atoms with van der Waals surface area (Å²) >= 11 is 3.37. The van der Waals surface area contributed by atoms with Gasteiger partial charge >= 0.3 is 0 Å². The van der Waals surface area contributed by atoms with Crippen molar-refractivity contribution in [2.45, 2.75) is 54.4 Å². The summed E-state index contributed by atoms with van der Waals surface area (Å²) in [5.41, 5.74) is 0.618. The van der Waals surface area contributed by atoms with E-state index in [2.05, 4.69) is 5.32 Å². The SMILES string of the molecule is CCC(O)NC(C)CC(O)(c1ccc(SC)cc1)c1ccc(SC)cc1. The summed E-state index contributed by atoms with van der Waals surface area (Å²) in [4.78, 5) is 2.34. The van der Waals surface area contributed by atoms with E-state index in [0.717, 1.165) is 11.1 Å². The molecule has 26 heavy (non-hydrogen) atoms. The number of nitrogens with one attached hydrogen (secondary N) is 1. The number of aliphatic hydroxyl groups excluding tert-OH is 1. The average molecular weight is 392 g/mol. The minimum Gasteiger partial charge on any atom is -0.380 e. The van der Waals surface area contributed by atoms with Crippen molar-refractivity contribution in [3.05, 3.63) is 59.7 Å². The van der Waals surface area contributed by atoms with Crippen LogP contribution in [0.4, 0.5) is 0 Å². The maximum Gasteiger partial charge on any atom is 0.116 e. The molecule has 2 aromatic rings. The topological polar surface area (TPSA) is 52.5 Å². The number of thioether (sulfide) groups is 2. The second kappa shape index (κ2) is 9.81. The van der Waals surface area contributed by atoms with Gasteiger partial charge in [0.2, 0.25) is 0 Å². The summed E-state index contributed by atoms with van der Waals surface area (Å²) in [6, 6.07) is 16.1. The lowest BCUT2D eigenvalue weighted by atomic mass is 9.81. The van der Waals surface area contributed by atoms with E-state index in [1.54, 1.807) is 23.5 Å². The smallest absolute Gasteiger partial charge is 0.116 e. The van der Waals surface area contributed by atoms with Crippen molar-refractivity contribution in [1.82, 2.24) is 5.32 Å². The van der Waals surface area contributed by atoms with Crippen LogP contribution >= 0.6 is 23.5 Å². The van der Waals surface area contributed by atoms with Gasteiger partial charge in [0.15, 0.2) is 0 Å². The van der Waals surface area contributed by atoms with Crippen molar-refractivity contribution in [3.8, 4) is 0 Å². The second-order valence-corrected chi connectivity index (χ2v) is 8.27. The van der Waals surface area contributed by atoms with E-state index in [1.807, 2.05) is 74.9 Å². The summed E-state index contributed by atoms with van der Waals surface area (Å²) in [6.07, 6.45) is 4.63. The van der Waals surface area contributed by atoms with Gasteiger partial charge in [0.25, 0.3) is 0 Å². The molecule has 2 rings (SSSR count). The van der Waals surface area contributed by atoms with Gasteiger partial charge in [0.1, 0.15) is 11.8 Å². The van der Waals surface area contributed by atoms with Crippen LogP contribution in [-0.2, 0) is 5.60 Å². The Morgan fingerprint density at radius 3 is 1.69 bits per heavy atom. The van der Waals surface area contributed by atoms with Crippen LogP contribution in [0.1, 0.15) is 37.8 Å². The van der Waals surface area contributed by atoms with Crippen LogP contribution < -0.4 is 5.32 Å². The van der Waals surface area contributed by atoms with Gasteiger partial charge in [-0.25, -0.2) is 0 Å². The van der Waals surface area contributed by atoms with Crippen molar-refractivity contribution < 1.29 is 10.2 Å². The molecule has 2 unspecified atom stereocenters. The zero-order valence-corrected chi connectivity index (χ0v) is 17.5. The van der Waals surface area contributed by atoms with Crippen LogP contribution in [-0.4, -0.2) is 35.0 Å². The highest BCUT2D eigenvalue weighted by Gasteiger charge is 2.33. The molecular weight excluding hydrogens is 362 g/mol. The molecule has 0 aliphatic carbocycles. The lowest BCUT2D eigenvalue weighted by Gasteiger charge is -2.33. The minimum atomic E-state index is -1.12. The molecule has 2 aromatic carbocycles. The largest absolute Gasteiger partial charge is 0.380 e. The summed E-state index contributed by atoms with van der Waals surface area (Å²) in [5, 5.41) is 24.8. The maximum absolute atomic E-state index is 11.7. The van der Waals surface area contributed by atoms with E-state index in [4.69, 9.17) is 0 Å². The molecule has 3 nitrogen and oxygen atoms in total. The highest BCUT2D eigenvalue weighted by molar-refractivity contribution is 7.98. The first-order valence-corrected chi connectivity index (χ1v) is 11.3. The first kappa shape index (κ1) is 21.3. The van der Waals surface area contributed by atoms with Gasteiger partial charge in [0.05, 0.1) is 0 Å². The fourth-order valence-electron chi connectivity index (χ4n) is 3.08. The van der Waals surface area contributed by atoms with Crippen LogP contribution in [0.2, 0.25) is 0 Å². The molecule has 0 saturated heterocycles. The zero-order valence-electron chi connectivity index (χ0n) is 15.9. The molecule has 0 amide bonds. The van der Waals surface area contributed by atoms with Crippen LogP contribution in [0.5, 0.6) is 0 Å². The molecule has 0 aromatic heterocycles. The van der Waals surface area contributed by atoms with Crippen LogP contribution in [0.15, 0.2) is 58.3 Å². The zero-order chi connectivity index (χ0) is 19.2. The lowest BCUT2D eigenvalue weighted by Crippen LogP contribution is -2.41. The van der Waals surface area contributed by atoms with E-state index in [9.17, 15) is 10.2 Å². The van der Waals surface area contributed by atoms with Crippen LogP contribution in [0.3, 0.4) is 0 Å². The molecule has 0 radical (unpaired) electrons. The molecule has 2 atom stereocenters. The summed E-state index contributed by atoms with van der Waals surface area (Å²) < 4.78 is 0. The fraction of sp³-hybridized carbons (Fsp3) is 0.429. The van der Waals surface area contributed by atoms with E-state index < -0.39 is 11.8 Å². The third-order valence-corrected chi connectivity index (χ3v) is 6.09. The Bertz CT molecular complexity index is 626. The van der Waals surface area contributed by atoms with Crippen molar-refractivity contribution in [2.24, 2.45) is 0 Å². The van der Waals surface area contributed by atoms with E-state index >= 15 is 0 Å². The van der Waals surface area contributed by atoms with Gasteiger partial charge in [0, 0.05) is 15.8 Å². The molecule has 0 saturated carbocycles. The molecule has 0 aliphatic rings.